The van der Waals surface area contributed by atoms with Crippen LogP contribution >= 0.6 is 0 Å². The third kappa shape index (κ3) is 3.09. The van der Waals surface area contributed by atoms with Crippen LogP contribution in [0.3, 0.4) is 0 Å². The van der Waals surface area contributed by atoms with Crippen molar-refractivity contribution in [2.75, 3.05) is 0 Å². The molecule has 0 aromatic heterocycles. The second kappa shape index (κ2) is 7.14. The molecule has 0 aliphatic heterocycles. The molecule has 0 radical (unpaired) electrons. The number of halogens is 1. The van der Waals surface area contributed by atoms with Gasteiger partial charge in [0.25, 0.3) is 0 Å². The summed E-state index contributed by atoms with van der Waals surface area (Å²) in [5.41, 5.74) is 1.22. The van der Waals surface area contributed by atoms with Crippen LogP contribution in [0, 0.1) is 39.9 Å². The molecular weight excluding hydrogens is 387 g/mol. The van der Waals surface area contributed by atoms with Crippen LogP contribution in [0.5, 0.6) is 0 Å². The molecule has 0 heterocycles. The van der Waals surface area contributed by atoms with Crippen molar-refractivity contribution in [3.63, 3.8) is 0 Å². The van der Waals surface area contributed by atoms with Crippen molar-refractivity contribution < 1.29 is 14.3 Å². The summed E-state index contributed by atoms with van der Waals surface area (Å²) in [7, 11) is 0. The molecule has 1 aromatic rings. The molecule has 4 fully saturated rings. The van der Waals surface area contributed by atoms with Crippen LogP contribution in [-0.4, -0.2) is 16.7 Å². The number of carbonyl (C=O) groups excluding carboxylic acids is 1. The second-order valence-corrected chi connectivity index (χ2v) is 12.1. The van der Waals surface area contributed by atoms with Crippen molar-refractivity contribution in [2.24, 2.45) is 39.9 Å². The van der Waals surface area contributed by atoms with Crippen molar-refractivity contribution in [1.82, 2.24) is 0 Å². The van der Waals surface area contributed by atoms with Gasteiger partial charge in [-0.15, -0.1) is 0 Å². The van der Waals surface area contributed by atoms with Gasteiger partial charge in [0.15, 0.2) is 0 Å². The normalized spacial score (nSPS) is 49.1. The SMILES string of the molecule is CC(=O)[C@@]1(Cc2ccccc2)CC[C@H]2[C@@H]3CCC4C[C@@](O)(F)CC[C@]4(C)[C@H]3CC[C@@]21C. The fourth-order valence-electron chi connectivity index (χ4n) is 9.27. The number of alkyl halides is 1. The molecule has 0 bridgehead atoms. The number of ketones is 1. The Bertz CT molecular complexity index is 850. The standard InChI is InChI=1S/C28H39FO2/c1-19(30)27(17-20-7-5-4-6-8-20)14-12-24-22-10-9-21-18-28(29,31)16-15-25(21,2)23(22)11-13-26(24,27)3/h4-8,21-24,31H,9-18H2,1-3H3/t21?,22-,23+,24+,25+,26+,27+,28-/m1/s1. The second-order valence-electron chi connectivity index (χ2n) is 12.1. The van der Waals surface area contributed by atoms with E-state index in [1.807, 2.05) is 6.92 Å². The average molecular weight is 427 g/mol. The number of benzene rings is 1. The minimum Gasteiger partial charge on any atom is -0.362 e. The molecule has 1 N–H and O–H groups in total. The van der Waals surface area contributed by atoms with Gasteiger partial charge in [-0.25, -0.2) is 4.39 Å². The highest BCUT2D eigenvalue weighted by Gasteiger charge is 2.66. The molecule has 31 heavy (non-hydrogen) atoms. The lowest BCUT2D eigenvalue weighted by atomic mass is 9.42. The molecule has 4 aliphatic rings. The third-order valence-corrected chi connectivity index (χ3v) is 11.1. The first-order chi connectivity index (χ1) is 14.6. The summed E-state index contributed by atoms with van der Waals surface area (Å²) in [6, 6.07) is 10.6. The van der Waals surface area contributed by atoms with E-state index >= 15 is 0 Å². The predicted molar refractivity (Wildman–Crippen MR) is 121 cm³/mol. The van der Waals surface area contributed by atoms with Gasteiger partial charge in [-0.2, -0.15) is 0 Å². The number of carbonyl (C=O) groups is 1. The van der Waals surface area contributed by atoms with E-state index < -0.39 is 5.85 Å². The molecule has 4 aliphatic carbocycles. The van der Waals surface area contributed by atoms with Crippen LogP contribution < -0.4 is 0 Å². The van der Waals surface area contributed by atoms with E-state index in [9.17, 15) is 14.3 Å². The Morgan fingerprint density at radius 2 is 1.71 bits per heavy atom. The van der Waals surface area contributed by atoms with E-state index in [0.29, 0.717) is 35.9 Å². The van der Waals surface area contributed by atoms with Gasteiger partial charge in [0, 0.05) is 18.3 Å². The quantitative estimate of drug-likeness (QED) is 0.598. The topological polar surface area (TPSA) is 37.3 Å². The zero-order valence-electron chi connectivity index (χ0n) is 19.5. The summed E-state index contributed by atoms with van der Waals surface area (Å²) in [4.78, 5) is 13.3. The van der Waals surface area contributed by atoms with E-state index in [0.717, 1.165) is 51.4 Å². The lowest BCUT2D eigenvalue weighted by Crippen LogP contribution is -2.57. The van der Waals surface area contributed by atoms with Crippen LogP contribution in [0.4, 0.5) is 4.39 Å². The zero-order valence-corrected chi connectivity index (χ0v) is 19.5. The molecule has 170 valence electrons. The highest BCUT2D eigenvalue weighted by Crippen LogP contribution is 2.71. The summed E-state index contributed by atoms with van der Waals surface area (Å²) in [6.45, 7) is 6.66. The number of Topliss-reactive ketones (excluding diaryl/α,β-unsaturated/α-hetero) is 1. The highest BCUT2D eigenvalue weighted by atomic mass is 19.2. The lowest BCUT2D eigenvalue weighted by Gasteiger charge is -2.62. The van der Waals surface area contributed by atoms with Crippen molar-refractivity contribution in [3.8, 4) is 0 Å². The highest BCUT2D eigenvalue weighted by molar-refractivity contribution is 5.84. The van der Waals surface area contributed by atoms with Crippen molar-refractivity contribution in [3.05, 3.63) is 35.9 Å². The molecule has 8 atom stereocenters. The minimum atomic E-state index is -1.97. The lowest BCUT2D eigenvalue weighted by molar-refractivity contribution is -0.197. The smallest absolute Gasteiger partial charge is 0.207 e. The summed E-state index contributed by atoms with van der Waals surface area (Å²) in [6.07, 6.45) is 8.86. The maximum atomic E-state index is 14.4. The molecule has 0 spiro atoms. The van der Waals surface area contributed by atoms with Gasteiger partial charge in [0.1, 0.15) is 5.78 Å². The Labute approximate surface area is 187 Å². The fraction of sp³-hybridized carbons (Fsp3) is 0.750. The van der Waals surface area contributed by atoms with Crippen LogP contribution in [0.2, 0.25) is 0 Å². The molecule has 0 saturated heterocycles. The fourth-order valence-corrected chi connectivity index (χ4v) is 9.27. The Balaban J connectivity index is 1.46. The molecule has 0 amide bonds. The Morgan fingerprint density at radius 3 is 2.42 bits per heavy atom. The number of hydrogen-bond acceptors (Lipinski definition) is 2. The van der Waals surface area contributed by atoms with Crippen molar-refractivity contribution in [2.45, 2.75) is 90.8 Å². The summed E-state index contributed by atoms with van der Waals surface area (Å²) < 4.78 is 14.4. The van der Waals surface area contributed by atoms with Gasteiger partial charge >= 0.3 is 0 Å². The van der Waals surface area contributed by atoms with E-state index in [1.165, 1.54) is 5.56 Å². The van der Waals surface area contributed by atoms with Gasteiger partial charge in [-0.3, -0.25) is 4.79 Å². The van der Waals surface area contributed by atoms with E-state index in [-0.39, 0.29) is 22.7 Å². The number of aliphatic hydroxyl groups is 1. The van der Waals surface area contributed by atoms with Crippen LogP contribution in [0.1, 0.15) is 84.1 Å². The van der Waals surface area contributed by atoms with Gasteiger partial charge in [0.2, 0.25) is 5.85 Å². The number of hydrogen-bond donors (Lipinski definition) is 1. The molecular formula is C28H39FO2. The van der Waals surface area contributed by atoms with Gasteiger partial charge in [-0.05, 0) is 98.4 Å². The van der Waals surface area contributed by atoms with E-state index in [2.05, 4.69) is 44.2 Å². The maximum absolute atomic E-state index is 14.4. The first-order valence-corrected chi connectivity index (χ1v) is 12.6. The largest absolute Gasteiger partial charge is 0.362 e. The summed E-state index contributed by atoms with van der Waals surface area (Å²) in [5, 5.41) is 10.1. The molecule has 2 nitrogen and oxygen atoms in total. The third-order valence-electron chi connectivity index (χ3n) is 11.1. The van der Waals surface area contributed by atoms with Gasteiger partial charge in [0.05, 0.1) is 0 Å². The molecule has 1 aromatic carbocycles. The van der Waals surface area contributed by atoms with E-state index in [4.69, 9.17) is 0 Å². The van der Waals surface area contributed by atoms with Crippen molar-refractivity contribution >= 4 is 5.78 Å². The Kier molecular flexibility index (Phi) is 4.98. The molecule has 4 saturated carbocycles. The molecule has 3 heteroatoms. The first kappa shape index (κ1) is 21.6. The Morgan fingerprint density at radius 1 is 1.00 bits per heavy atom. The van der Waals surface area contributed by atoms with Crippen LogP contribution in [-0.2, 0) is 11.2 Å². The van der Waals surface area contributed by atoms with Gasteiger partial charge in [-0.1, -0.05) is 44.2 Å². The minimum absolute atomic E-state index is 0.0501. The molecule has 5 rings (SSSR count). The Hall–Kier alpha value is -1.22. The predicted octanol–water partition coefficient (Wildman–Crippen LogP) is 6.51. The van der Waals surface area contributed by atoms with Gasteiger partial charge < -0.3 is 5.11 Å². The van der Waals surface area contributed by atoms with Crippen LogP contribution in [0.15, 0.2) is 30.3 Å². The monoisotopic (exact) mass is 426 g/mol. The first-order valence-electron chi connectivity index (χ1n) is 12.6. The van der Waals surface area contributed by atoms with Crippen LogP contribution in [0.25, 0.3) is 0 Å². The van der Waals surface area contributed by atoms with E-state index in [1.54, 1.807) is 0 Å². The number of fused-ring (bicyclic) bond motifs is 5. The van der Waals surface area contributed by atoms with Crippen molar-refractivity contribution in [1.29, 1.82) is 0 Å². The maximum Gasteiger partial charge on any atom is 0.207 e. The number of rotatable bonds is 3. The summed E-state index contributed by atoms with van der Waals surface area (Å²) in [5.74, 6) is 0.544. The zero-order chi connectivity index (χ0) is 22.1. The summed E-state index contributed by atoms with van der Waals surface area (Å²) >= 11 is 0. The molecule has 1 unspecified atom stereocenters. The average Bonchev–Trinajstić information content (AvgIpc) is 3.03.